The third kappa shape index (κ3) is 3.21. The molecule has 0 amide bonds. The molecule has 0 saturated heterocycles. The second kappa shape index (κ2) is 4.73. The maximum absolute atomic E-state index is 8.94. The first-order valence-corrected chi connectivity index (χ1v) is 4.62. The van der Waals surface area contributed by atoms with Crippen LogP contribution >= 0.6 is 0 Å². The molecule has 0 unspecified atom stereocenters. The van der Waals surface area contributed by atoms with E-state index in [1.54, 1.807) is 0 Å². The molecule has 0 aromatic heterocycles. The van der Waals surface area contributed by atoms with E-state index < -0.39 is 0 Å². The fraction of sp³-hybridized carbons (Fsp3) is 1.00. The molecule has 0 aromatic rings. The van der Waals surface area contributed by atoms with Gasteiger partial charge in [0.1, 0.15) is 0 Å². The SMILES string of the molecule is CCCCCOC1CC(O)C1. The molecule has 1 fully saturated rings. The normalized spacial score (nSPS) is 30.0. The van der Waals surface area contributed by atoms with Gasteiger partial charge < -0.3 is 9.84 Å². The van der Waals surface area contributed by atoms with E-state index in [0.29, 0.717) is 6.10 Å². The van der Waals surface area contributed by atoms with Crippen molar-refractivity contribution < 1.29 is 9.84 Å². The van der Waals surface area contributed by atoms with Crippen molar-refractivity contribution in [1.29, 1.82) is 0 Å². The third-order valence-electron chi connectivity index (χ3n) is 2.17. The van der Waals surface area contributed by atoms with Gasteiger partial charge in [-0.1, -0.05) is 19.8 Å². The van der Waals surface area contributed by atoms with Crippen LogP contribution in [0.2, 0.25) is 0 Å². The number of hydrogen-bond donors (Lipinski definition) is 1. The van der Waals surface area contributed by atoms with Crippen molar-refractivity contribution in [3.8, 4) is 0 Å². The Morgan fingerprint density at radius 3 is 2.64 bits per heavy atom. The number of unbranched alkanes of at least 4 members (excludes halogenated alkanes) is 2. The minimum absolute atomic E-state index is 0.0776. The molecule has 11 heavy (non-hydrogen) atoms. The van der Waals surface area contributed by atoms with Gasteiger partial charge >= 0.3 is 0 Å². The molecule has 0 bridgehead atoms. The van der Waals surface area contributed by atoms with Crippen LogP contribution in [0.4, 0.5) is 0 Å². The largest absolute Gasteiger partial charge is 0.393 e. The van der Waals surface area contributed by atoms with Crippen molar-refractivity contribution in [2.75, 3.05) is 6.61 Å². The van der Waals surface area contributed by atoms with Gasteiger partial charge in [-0.2, -0.15) is 0 Å². The topological polar surface area (TPSA) is 29.5 Å². The molecule has 0 spiro atoms. The summed E-state index contributed by atoms with van der Waals surface area (Å²) in [6.07, 6.45) is 5.67. The third-order valence-corrected chi connectivity index (χ3v) is 2.17. The minimum atomic E-state index is -0.0776. The molecule has 0 heterocycles. The molecule has 1 N–H and O–H groups in total. The van der Waals surface area contributed by atoms with Crippen molar-refractivity contribution in [2.45, 2.75) is 51.2 Å². The van der Waals surface area contributed by atoms with Crippen LogP contribution in [-0.2, 0) is 4.74 Å². The number of ether oxygens (including phenoxy) is 1. The molecule has 1 aliphatic rings. The lowest BCUT2D eigenvalue weighted by molar-refractivity contribution is -0.0713. The lowest BCUT2D eigenvalue weighted by Crippen LogP contribution is -2.35. The first kappa shape index (κ1) is 9.01. The Balaban J connectivity index is 1.81. The summed E-state index contributed by atoms with van der Waals surface area (Å²) in [7, 11) is 0. The quantitative estimate of drug-likeness (QED) is 0.617. The first-order valence-electron chi connectivity index (χ1n) is 4.62. The van der Waals surface area contributed by atoms with Gasteiger partial charge in [0, 0.05) is 6.61 Å². The Hall–Kier alpha value is -0.0800. The maximum Gasteiger partial charge on any atom is 0.0624 e. The molecular formula is C9H18O2. The van der Waals surface area contributed by atoms with Crippen LogP contribution in [0, 0.1) is 0 Å². The van der Waals surface area contributed by atoms with E-state index in [1.165, 1.54) is 19.3 Å². The van der Waals surface area contributed by atoms with E-state index in [-0.39, 0.29) is 6.10 Å². The minimum Gasteiger partial charge on any atom is -0.393 e. The molecule has 1 rings (SSSR count). The van der Waals surface area contributed by atoms with Gasteiger partial charge in [-0.05, 0) is 19.3 Å². The van der Waals surface area contributed by atoms with Crippen molar-refractivity contribution in [2.24, 2.45) is 0 Å². The van der Waals surface area contributed by atoms with E-state index >= 15 is 0 Å². The maximum atomic E-state index is 8.94. The van der Waals surface area contributed by atoms with Crippen LogP contribution in [0.5, 0.6) is 0 Å². The van der Waals surface area contributed by atoms with Crippen LogP contribution in [0.1, 0.15) is 39.0 Å². The van der Waals surface area contributed by atoms with Crippen LogP contribution in [0.25, 0.3) is 0 Å². The highest BCUT2D eigenvalue weighted by atomic mass is 16.5. The molecule has 0 aliphatic heterocycles. The summed E-state index contributed by atoms with van der Waals surface area (Å²) in [5.41, 5.74) is 0. The molecule has 0 radical (unpaired) electrons. The summed E-state index contributed by atoms with van der Waals surface area (Å²) in [4.78, 5) is 0. The molecule has 2 heteroatoms. The zero-order valence-corrected chi connectivity index (χ0v) is 7.25. The Morgan fingerprint density at radius 1 is 1.36 bits per heavy atom. The van der Waals surface area contributed by atoms with Crippen LogP contribution in [-0.4, -0.2) is 23.9 Å². The average Bonchev–Trinajstić information content (AvgIpc) is 1.94. The summed E-state index contributed by atoms with van der Waals surface area (Å²) < 4.78 is 5.49. The van der Waals surface area contributed by atoms with Crippen LogP contribution < -0.4 is 0 Å². The van der Waals surface area contributed by atoms with E-state index in [4.69, 9.17) is 9.84 Å². The molecule has 0 aromatic carbocycles. The Labute approximate surface area is 68.6 Å². The van der Waals surface area contributed by atoms with Crippen molar-refractivity contribution in [3.63, 3.8) is 0 Å². The Kier molecular flexibility index (Phi) is 3.87. The van der Waals surface area contributed by atoms with Gasteiger partial charge in [-0.25, -0.2) is 0 Å². The second-order valence-corrected chi connectivity index (χ2v) is 3.33. The van der Waals surface area contributed by atoms with Gasteiger partial charge in [0.05, 0.1) is 12.2 Å². The lowest BCUT2D eigenvalue weighted by atomic mass is 9.92. The number of aliphatic hydroxyl groups is 1. The highest BCUT2D eigenvalue weighted by Crippen LogP contribution is 2.22. The first-order chi connectivity index (χ1) is 5.33. The van der Waals surface area contributed by atoms with Crippen molar-refractivity contribution in [1.82, 2.24) is 0 Å². The average molecular weight is 158 g/mol. The number of aliphatic hydroxyl groups excluding tert-OH is 1. The Bertz CT molecular complexity index is 97.7. The van der Waals surface area contributed by atoms with Gasteiger partial charge in [0.25, 0.3) is 0 Å². The predicted octanol–water partition coefficient (Wildman–Crippen LogP) is 1.72. The number of hydrogen-bond acceptors (Lipinski definition) is 2. The second-order valence-electron chi connectivity index (χ2n) is 3.33. The molecule has 1 aliphatic carbocycles. The van der Waals surface area contributed by atoms with E-state index in [0.717, 1.165) is 19.4 Å². The summed E-state index contributed by atoms with van der Waals surface area (Å²) in [5.74, 6) is 0. The molecule has 66 valence electrons. The highest BCUT2D eigenvalue weighted by Gasteiger charge is 2.27. The van der Waals surface area contributed by atoms with Gasteiger partial charge in [-0.3, -0.25) is 0 Å². The zero-order chi connectivity index (χ0) is 8.10. The summed E-state index contributed by atoms with van der Waals surface area (Å²) in [5, 5.41) is 8.94. The fourth-order valence-corrected chi connectivity index (χ4v) is 1.28. The lowest BCUT2D eigenvalue weighted by Gasteiger charge is -2.31. The van der Waals surface area contributed by atoms with Gasteiger partial charge in [0.2, 0.25) is 0 Å². The molecule has 1 saturated carbocycles. The van der Waals surface area contributed by atoms with Gasteiger partial charge in [0.15, 0.2) is 0 Å². The van der Waals surface area contributed by atoms with Crippen LogP contribution in [0.15, 0.2) is 0 Å². The van der Waals surface area contributed by atoms with Crippen molar-refractivity contribution in [3.05, 3.63) is 0 Å². The van der Waals surface area contributed by atoms with E-state index in [2.05, 4.69) is 6.92 Å². The number of rotatable bonds is 5. The zero-order valence-electron chi connectivity index (χ0n) is 7.25. The van der Waals surface area contributed by atoms with Crippen LogP contribution in [0.3, 0.4) is 0 Å². The predicted molar refractivity (Wildman–Crippen MR) is 44.5 cm³/mol. The molecule has 2 nitrogen and oxygen atoms in total. The standard InChI is InChI=1S/C9H18O2/c1-2-3-4-5-11-9-6-8(10)7-9/h8-10H,2-7H2,1H3. The summed E-state index contributed by atoms with van der Waals surface area (Å²) in [6, 6.07) is 0. The molecular weight excluding hydrogens is 140 g/mol. The highest BCUT2D eigenvalue weighted by molar-refractivity contribution is 4.78. The molecule has 0 atom stereocenters. The fourth-order valence-electron chi connectivity index (χ4n) is 1.28. The smallest absolute Gasteiger partial charge is 0.0624 e. The van der Waals surface area contributed by atoms with E-state index in [9.17, 15) is 0 Å². The van der Waals surface area contributed by atoms with E-state index in [1.807, 2.05) is 0 Å². The summed E-state index contributed by atoms with van der Waals surface area (Å²) in [6.45, 7) is 3.07. The monoisotopic (exact) mass is 158 g/mol. The van der Waals surface area contributed by atoms with Gasteiger partial charge in [-0.15, -0.1) is 0 Å². The summed E-state index contributed by atoms with van der Waals surface area (Å²) >= 11 is 0. The van der Waals surface area contributed by atoms with Crippen molar-refractivity contribution >= 4 is 0 Å². The Morgan fingerprint density at radius 2 is 2.09 bits per heavy atom.